The fourth-order valence-corrected chi connectivity index (χ4v) is 4.91. The van der Waals surface area contributed by atoms with E-state index in [4.69, 9.17) is 14.5 Å². The van der Waals surface area contributed by atoms with Crippen molar-refractivity contribution in [1.29, 1.82) is 0 Å². The lowest BCUT2D eigenvalue weighted by atomic mass is 9.91. The van der Waals surface area contributed by atoms with Crippen LogP contribution in [0.1, 0.15) is 54.2 Å². The highest BCUT2D eigenvalue weighted by molar-refractivity contribution is 5.85. The Morgan fingerprint density at radius 3 is 2.62 bits per heavy atom. The molecule has 3 aromatic heterocycles. The van der Waals surface area contributed by atoms with Crippen molar-refractivity contribution in [1.82, 2.24) is 29.8 Å². The summed E-state index contributed by atoms with van der Waals surface area (Å²) in [6.45, 7) is 9.13. The Morgan fingerprint density at radius 1 is 1.12 bits per heavy atom. The zero-order chi connectivity index (χ0) is 21.4. The largest absolute Gasteiger partial charge is 0.356 e. The van der Waals surface area contributed by atoms with Gasteiger partial charge in [0.2, 0.25) is 5.95 Å². The van der Waals surface area contributed by atoms with E-state index in [1.165, 1.54) is 18.4 Å². The Bertz CT molecular complexity index is 1060. The minimum absolute atomic E-state index is 0. The second-order valence-corrected chi connectivity index (χ2v) is 8.98. The van der Waals surface area contributed by atoms with Gasteiger partial charge >= 0.3 is 0 Å². The molecule has 2 aliphatic heterocycles. The van der Waals surface area contributed by atoms with E-state index in [-0.39, 0.29) is 12.4 Å². The molecule has 2 saturated heterocycles. The van der Waals surface area contributed by atoms with Crippen molar-refractivity contribution in [2.75, 3.05) is 31.1 Å². The molecular formula is C23H32ClN7O. The summed E-state index contributed by atoms with van der Waals surface area (Å²) in [6.07, 6.45) is 8.78. The fraction of sp³-hybridized carbons (Fsp3) is 0.565. The molecule has 1 atom stereocenters. The number of piperidine rings is 1. The van der Waals surface area contributed by atoms with E-state index < -0.39 is 0 Å². The van der Waals surface area contributed by atoms with Crippen LogP contribution in [0.25, 0.3) is 11.3 Å². The van der Waals surface area contributed by atoms with Gasteiger partial charge in [-0.2, -0.15) is 5.10 Å². The lowest BCUT2D eigenvalue weighted by Gasteiger charge is -2.33. The van der Waals surface area contributed by atoms with Gasteiger partial charge in [0.05, 0.1) is 22.6 Å². The summed E-state index contributed by atoms with van der Waals surface area (Å²) in [7, 11) is 1.99. The maximum absolute atomic E-state index is 5.62. The average molecular weight is 458 g/mol. The first-order valence-electron chi connectivity index (χ1n) is 11.3. The Balaban J connectivity index is 0.00000245. The minimum Gasteiger partial charge on any atom is -0.356 e. The van der Waals surface area contributed by atoms with E-state index in [9.17, 15) is 0 Å². The van der Waals surface area contributed by atoms with Crippen molar-refractivity contribution < 1.29 is 4.52 Å². The SMILES string of the molecule is Cc1cc(-c2cnc(N3CCCC3)nc2C2CCCN(Cc3cn(C)nc3C)C2)on1.Cl. The zero-order valence-corrected chi connectivity index (χ0v) is 19.9. The average Bonchev–Trinajstić information content (AvgIpc) is 3.50. The third-order valence-corrected chi connectivity index (χ3v) is 6.49. The van der Waals surface area contributed by atoms with E-state index in [1.54, 1.807) is 0 Å². The molecule has 172 valence electrons. The van der Waals surface area contributed by atoms with Gasteiger partial charge in [-0.15, -0.1) is 12.4 Å². The summed E-state index contributed by atoms with van der Waals surface area (Å²) < 4.78 is 7.53. The summed E-state index contributed by atoms with van der Waals surface area (Å²) in [4.78, 5) is 14.7. The van der Waals surface area contributed by atoms with Gasteiger partial charge in [-0.1, -0.05) is 5.16 Å². The van der Waals surface area contributed by atoms with Gasteiger partial charge in [0.15, 0.2) is 5.76 Å². The third kappa shape index (κ3) is 4.66. The number of anilines is 1. The van der Waals surface area contributed by atoms with Crippen molar-refractivity contribution in [2.24, 2.45) is 7.05 Å². The molecule has 3 aromatic rings. The Labute approximate surface area is 195 Å². The summed E-state index contributed by atoms with van der Waals surface area (Å²) in [5.41, 5.74) is 5.37. The van der Waals surface area contributed by atoms with Crippen molar-refractivity contribution in [3.8, 4) is 11.3 Å². The van der Waals surface area contributed by atoms with E-state index >= 15 is 0 Å². The molecule has 0 amide bonds. The van der Waals surface area contributed by atoms with Crippen LogP contribution in [0.3, 0.4) is 0 Å². The molecule has 2 aliphatic rings. The molecule has 0 saturated carbocycles. The Kier molecular flexibility index (Phi) is 6.81. The molecule has 1 unspecified atom stereocenters. The van der Waals surface area contributed by atoms with Gasteiger partial charge in [-0.05, 0) is 46.1 Å². The van der Waals surface area contributed by atoms with Crippen LogP contribution in [0.4, 0.5) is 5.95 Å². The van der Waals surface area contributed by atoms with Crippen LogP contribution in [-0.2, 0) is 13.6 Å². The predicted molar refractivity (Wildman–Crippen MR) is 126 cm³/mol. The third-order valence-electron chi connectivity index (χ3n) is 6.49. The summed E-state index contributed by atoms with van der Waals surface area (Å²) >= 11 is 0. The number of hydrogen-bond donors (Lipinski definition) is 0. The van der Waals surface area contributed by atoms with Gasteiger partial charge in [-0.3, -0.25) is 9.58 Å². The number of aromatic nitrogens is 5. The van der Waals surface area contributed by atoms with E-state index in [0.29, 0.717) is 5.92 Å². The van der Waals surface area contributed by atoms with Crippen LogP contribution >= 0.6 is 12.4 Å². The molecule has 5 heterocycles. The van der Waals surface area contributed by atoms with Crippen LogP contribution < -0.4 is 4.90 Å². The van der Waals surface area contributed by atoms with Gasteiger partial charge in [0.25, 0.3) is 0 Å². The molecule has 0 N–H and O–H groups in total. The number of hydrogen-bond acceptors (Lipinski definition) is 7. The first kappa shape index (κ1) is 22.7. The number of likely N-dealkylation sites (tertiary alicyclic amines) is 1. The van der Waals surface area contributed by atoms with E-state index in [2.05, 4.69) is 33.2 Å². The number of halogens is 1. The van der Waals surface area contributed by atoms with Crippen LogP contribution in [0.5, 0.6) is 0 Å². The van der Waals surface area contributed by atoms with Crippen LogP contribution in [0.2, 0.25) is 0 Å². The molecular weight excluding hydrogens is 426 g/mol. The maximum atomic E-state index is 5.62. The first-order valence-corrected chi connectivity index (χ1v) is 11.3. The lowest BCUT2D eigenvalue weighted by molar-refractivity contribution is 0.198. The monoisotopic (exact) mass is 457 g/mol. The number of rotatable bonds is 5. The van der Waals surface area contributed by atoms with Crippen LogP contribution in [0.15, 0.2) is 23.0 Å². The van der Waals surface area contributed by atoms with Crippen molar-refractivity contribution in [2.45, 2.75) is 52.0 Å². The van der Waals surface area contributed by atoms with Gasteiger partial charge < -0.3 is 9.42 Å². The molecule has 8 nitrogen and oxygen atoms in total. The second-order valence-electron chi connectivity index (χ2n) is 8.98. The molecule has 0 spiro atoms. The quantitative estimate of drug-likeness (QED) is 0.575. The van der Waals surface area contributed by atoms with E-state index in [0.717, 1.165) is 79.9 Å². The van der Waals surface area contributed by atoms with Gasteiger partial charge in [-0.25, -0.2) is 9.97 Å². The number of nitrogens with zero attached hydrogens (tertiary/aromatic N) is 7. The van der Waals surface area contributed by atoms with Gasteiger partial charge in [0.1, 0.15) is 0 Å². The Morgan fingerprint density at radius 2 is 1.94 bits per heavy atom. The summed E-state index contributed by atoms with van der Waals surface area (Å²) in [6, 6.07) is 1.98. The second kappa shape index (κ2) is 9.58. The molecule has 0 aliphatic carbocycles. The molecule has 5 rings (SSSR count). The molecule has 0 bridgehead atoms. The van der Waals surface area contributed by atoms with E-state index in [1.807, 2.05) is 30.9 Å². The maximum Gasteiger partial charge on any atom is 0.225 e. The van der Waals surface area contributed by atoms with Crippen molar-refractivity contribution in [3.63, 3.8) is 0 Å². The highest BCUT2D eigenvalue weighted by atomic mass is 35.5. The topological polar surface area (TPSA) is 76.1 Å². The summed E-state index contributed by atoms with van der Waals surface area (Å²) in [5.74, 6) is 1.96. The normalized spacial score (nSPS) is 19.3. The minimum atomic E-state index is 0. The van der Waals surface area contributed by atoms with Crippen LogP contribution in [0, 0.1) is 13.8 Å². The molecule has 32 heavy (non-hydrogen) atoms. The smallest absolute Gasteiger partial charge is 0.225 e. The lowest BCUT2D eigenvalue weighted by Crippen LogP contribution is -2.34. The molecule has 9 heteroatoms. The van der Waals surface area contributed by atoms with Crippen molar-refractivity contribution >= 4 is 18.4 Å². The Hall–Kier alpha value is -2.45. The zero-order valence-electron chi connectivity index (χ0n) is 19.1. The van der Waals surface area contributed by atoms with Crippen molar-refractivity contribution in [3.05, 3.63) is 41.1 Å². The van der Waals surface area contributed by atoms with Crippen LogP contribution in [-0.4, -0.2) is 56.0 Å². The molecule has 0 aromatic carbocycles. The predicted octanol–water partition coefficient (Wildman–Crippen LogP) is 3.88. The molecule has 2 fully saturated rings. The highest BCUT2D eigenvalue weighted by Gasteiger charge is 2.28. The van der Waals surface area contributed by atoms with Gasteiger partial charge in [0, 0.05) is 63.2 Å². The first-order chi connectivity index (χ1) is 15.1. The highest BCUT2D eigenvalue weighted by Crippen LogP contribution is 2.35. The fourth-order valence-electron chi connectivity index (χ4n) is 4.91. The molecule has 0 radical (unpaired) electrons. The standard InChI is InChI=1S/C23H31N7O.ClH/c1-16-11-21(31-27-16)20-12-24-23(30-9-4-5-10-30)25-22(20)18-7-6-8-29(14-18)15-19-13-28(3)26-17(19)2;/h11-13,18H,4-10,14-15H2,1-3H3;1H. The summed E-state index contributed by atoms with van der Waals surface area (Å²) in [5, 5.41) is 8.61. The number of aryl methyl sites for hydroxylation is 3.